The quantitative estimate of drug-likeness (QED) is 0.841. The molecule has 1 atom stereocenters. The van der Waals surface area contributed by atoms with Crippen molar-refractivity contribution in [2.45, 2.75) is 58.0 Å². The molecule has 1 saturated carbocycles. The summed E-state index contributed by atoms with van der Waals surface area (Å²) in [5.74, 6) is 0.782. The van der Waals surface area contributed by atoms with Crippen LogP contribution >= 0.6 is 0 Å². The topological polar surface area (TPSA) is 48.7 Å². The summed E-state index contributed by atoms with van der Waals surface area (Å²) in [5, 5.41) is 12.6. The maximum Gasteiger partial charge on any atom is 0.144 e. The van der Waals surface area contributed by atoms with E-state index < -0.39 is 0 Å². The summed E-state index contributed by atoms with van der Waals surface area (Å²) in [6.07, 6.45) is 9.88. The van der Waals surface area contributed by atoms with Gasteiger partial charge in [0.25, 0.3) is 0 Å². The molecule has 1 N–H and O–H groups in total. The smallest absolute Gasteiger partial charge is 0.144 e. The molecular weight excluding hydrogens is 234 g/mol. The van der Waals surface area contributed by atoms with Crippen LogP contribution in [0.15, 0.2) is 18.3 Å². The minimum Gasteiger partial charge on any atom is -0.310 e. The molecule has 1 aliphatic carbocycles. The molecule has 0 aliphatic heterocycles. The van der Waals surface area contributed by atoms with Crippen molar-refractivity contribution in [3.05, 3.63) is 29.6 Å². The van der Waals surface area contributed by atoms with Gasteiger partial charge in [-0.25, -0.2) is 4.98 Å². The second-order valence-corrected chi connectivity index (χ2v) is 5.54. The number of pyridine rings is 1. The van der Waals surface area contributed by atoms with Crippen LogP contribution in [0, 0.1) is 17.2 Å². The van der Waals surface area contributed by atoms with Crippen molar-refractivity contribution in [1.82, 2.24) is 10.3 Å². The number of nitrogens with zero attached hydrogens (tertiary/aromatic N) is 2. The molecule has 1 fully saturated rings. The number of aromatic nitrogens is 1. The summed E-state index contributed by atoms with van der Waals surface area (Å²) in [5.41, 5.74) is 1.55. The van der Waals surface area contributed by atoms with Crippen LogP contribution < -0.4 is 5.32 Å². The van der Waals surface area contributed by atoms with Crippen LogP contribution in [-0.2, 0) is 6.54 Å². The minimum atomic E-state index is 0.518. The van der Waals surface area contributed by atoms with E-state index >= 15 is 0 Å². The Bertz CT molecular complexity index is 428. The molecule has 0 spiro atoms. The summed E-state index contributed by atoms with van der Waals surface area (Å²) >= 11 is 0. The van der Waals surface area contributed by atoms with Crippen molar-refractivity contribution in [1.29, 1.82) is 5.26 Å². The zero-order valence-electron chi connectivity index (χ0n) is 11.7. The van der Waals surface area contributed by atoms with Crippen LogP contribution in [-0.4, -0.2) is 11.0 Å². The van der Waals surface area contributed by atoms with E-state index in [2.05, 4.69) is 23.3 Å². The Morgan fingerprint density at radius 3 is 2.79 bits per heavy atom. The second-order valence-electron chi connectivity index (χ2n) is 5.54. The molecule has 1 aromatic rings. The molecule has 0 saturated heterocycles. The third-order valence-electron chi connectivity index (χ3n) is 4.22. The molecule has 0 amide bonds. The van der Waals surface area contributed by atoms with Crippen molar-refractivity contribution in [2.75, 3.05) is 0 Å². The molecule has 3 nitrogen and oxygen atoms in total. The Hall–Kier alpha value is -1.40. The molecule has 1 heterocycles. The van der Waals surface area contributed by atoms with Gasteiger partial charge in [0, 0.05) is 24.3 Å². The first kappa shape index (κ1) is 14.0. The molecule has 19 heavy (non-hydrogen) atoms. The highest BCUT2D eigenvalue weighted by atomic mass is 14.9. The van der Waals surface area contributed by atoms with Gasteiger partial charge in [0.2, 0.25) is 0 Å². The summed E-state index contributed by atoms with van der Waals surface area (Å²) in [7, 11) is 0. The highest BCUT2D eigenvalue weighted by Crippen LogP contribution is 2.25. The van der Waals surface area contributed by atoms with Gasteiger partial charge < -0.3 is 5.32 Å². The lowest BCUT2D eigenvalue weighted by Gasteiger charge is -2.23. The monoisotopic (exact) mass is 257 g/mol. The molecule has 3 heteroatoms. The maximum absolute atomic E-state index is 9.03. The maximum atomic E-state index is 9.03. The summed E-state index contributed by atoms with van der Waals surface area (Å²) in [4.78, 5) is 4.10. The van der Waals surface area contributed by atoms with E-state index in [1.165, 1.54) is 38.5 Å². The molecule has 102 valence electrons. The fourth-order valence-corrected chi connectivity index (χ4v) is 2.93. The Morgan fingerprint density at radius 1 is 1.37 bits per heavy atom. The first-order valence-electron chi connectivity index (χ1n) is 7.38. The zero-order valence-corrected chi connectivity index (χ0v) is 11.7. The van der Waals surface area contributed by atoms with E-state index in [4.69, 9.17) is 5.26 Å². The lowest BCUT2D eigenvalue weighted by molar-refractivity contribution is 0.336. The van der Waals surface area contributed by atoms with Crippen LogP contribution in [0.1, 0.15) is 56.7 Å². The number of nitrogens with one attached hydrogen (secondary N) is 1. The van der Waals surface area contributed by atoms with Gasteiger partial charge in [-0.2, -0.15) is 5.26 Å². The Kier molecular flexibility index (Phi) is 5.35. The average molecular weight is 257 g/mol. The van der Waals surface area contributed by atoms with Crippen LogP contribution in [0.5, 0.6) is 0 Å². The molecule has 2 rings (SSSR count). The molecule has 1 aliphatic rings. The SMILES string of the molecule is C[C@@H](NCc1cccnc1C#N)C1CCCCCC1. The van der Waals surface area contributed by atoms with E-state index in [0.29, 0.717) is 11.7 Å². The highest BCUT2D eigenvalue weighted by Gasteiger charge is 2.18. The first-order chi connectivity index (χ1) is 9.31. The van der Waals surface area contributed by atoms with Gasteiger partial charge in [0.05, 0.1) is 0 Å². The zero-order chi connectivity index (χ0) is 13.5. The Morgan fingerprint density at radius 2 is 2.11 bits per heavy atom. The van der Waals surface area contributed by atoms with Gasteiger partial charge in [-0.1, -0.05) is 31.7 Å². The van der Waals surface area contributed by atoms with Gasteiger partial charge in [-0.05, 0) is 31.7 Å². The van der Waals surface area contributed by atoms with Crippen LogP contribution in [0.25, 0.3) is 0 Å². The normalized spacial score (nSPS) is 18.5. The van der Waals surface area contributed by atoms with E-state index in [1.54, 1.807) is 6.20 Å². The van der Waals surface area contributed by atoms with Crippen molar-refractivity contribution >= 4 is 0 Å². The van der Waals surface area contributed by atoms with Crippen LogP contribution in [0.4, 0.5) is 0 Å². The van der Waals surface area contributed by atoms with E-state index in [1.807, 2.05) is 12.1 Å². The fraction of sp³-hybridized carbons (Fsp3) is 0.625. The van der Waals surface area contributed by atoms with Crippen molar-refractivity contribution in [3.63, 3.8) is 0 Å². The largest absolute Gasteiger partial charge is 0.310 e. The average Bonchev–Trinajstić information content (AvgIpc) is 2.74. The summed E-state index contributed by atoms with van der Waals surface area (Å²) in [6.45, 7) is 3.02. The second kappa shape index (κ2) is 7.25. The summed E-state index contributed by atoms with van der Waals surface area (Å²) < 4.78 is 0. The number of nitriles is 1. The lowest BCUT2D eigenvalue weighted by atomic mass is 9.93. The standard InChI is InChI=1S/C16H23N3/c1-13(14-7-4-2-3-5-8-14)19-12-15-9-6-10-18-16(15)11-17/h6,9-10,13-14,19H,2-5,7-8,12H2,1H3/t13-/m1/s1. The minimum absolute atomic E-state index is 0.518. The van der Waals surface area contributed by atoms with E-state index in [0.717, 1.165) is 18.0 Å². The van der Waals surface area contributed by atoms with Gasteiger partial charge in [0.1, 0.15) is 11.8 Å². The van der Waals surface area contributed by atoms with E-state index in [-0.39, 0.29) is 0 Å². The molecule has 0 bridgehead atoms. The van der Waals surface area contributed by atoms with Gasteiger partial charge in [-0.15, -0.1) is 0 Å². The third-order valence-corrected chi connectivity index (χ3v) is 4.22. The number of hydrogen-bond acceptors (Lipinski definition) is 3. The predicted molar refractivity (Wildman–Crippen MR) is 76.4 cm³/mol. The van der Waals surface area contributed by atoms with Gasteiger partial charge >= 0.3 is 0 Å². The lowest BCUT2D eigenvalue weighted by Crippen LogP contribution is -2.33. The third kappa shape index (κ3) is 4.04. The Labute approximate surface area is 116 Å². The predicted octanol–water partition coefficient (Wildman–Crippen LogP) is 3.40. The molecule has 0 unspecified atom stereocenters. The number of rotatable bonds is 4. The van der Waals surface area contributed by atoms with Gasteiger partial charge in [0.15, 0.2) is 0 Å². The first-order valence-corrected chi connectivity index (χ1v) is 7.38. The fourth-order valence-electron chi connectivity index (χ4n) is 2.93. The number of hydrogen-bond donors (Lipinski definition) is 1. The van der Waals surface area contributed by atoms with E-state index in [9.17, 15) is 0 Å². The molecular formula is C16H23N3. The molecule has 1 aromatic heterocycles. The molecule has 0 radical (unpaired) electrons. The van der Waals surface area contributed by atoms with Crippen LogP contribution in [0.3, 0.4) is 0 Å². The highest BCUT2D eigenvalue weighted by molar-refractivity contribution is 5.30. The molecule has 0 aromatic carbocycles. The van der Waals surface area contributed by atoms with Gasteiger partial charge in [-0.3, -0.25) is 0 Å². The Balaban J connectivity index is 1.89. The van der Waals surface area contributed by atoms with Crippen molar-refractivity contribution in [2.24, 2.45) is 5.92 Å². The van der Waals surface area contributed by atoms with Crippen molar-refractivity contribution in [3.8, 4) is 6.07 Å². The van der Waals surface area contributed by atoms with Crippen LogP contribution in [0.2, 0.25) is 0 Å². The summed E-state index contributed by atoms with van der Waals surface area (Å²) in [6, 6.07) is 6.56. The van der Waals surface area contributed by atoms with Crippen molar-refractivity contribution < 1.29 is 0 Å².